The maximum absolute atomic E-state index is 5.74. The van der Waals surface area contributed by atoms with E-state index in [1.165, 1.54) is 44.9 Å². The van der Waals surface area contributed by atoms with Gasteiger partial charge in [0.25, 0.3) is 0 Å². The molecule has 0 bridgehead atoms. The molecule has 0 aromatic heterocycles. The molecule has 0 amide bonds. The van der Waals surface area contributed by atoms with Crippen molar-refractivity contribution in [3.63, 3.8) is 0 Å². The van der Waals surface area contributed by atoms with Gasteiger partial charge in [-0.15, -0.1) is 6.58 Å². The molecule has 0 N–H and O–H groups in total. The molecule has 23 heavy (non-hydrogen) atoms. The molecule has 0 spiro atoms. The van der Waals surface area contributed by atoms with E-state index in [1.54, 1.807) is 0 Å². The fraction of sp³-hybridized carbons (Fsp3) is 0.789. The van der Waals surface area contributed by atoms with Crippen LogP contribution in [0.1, 0.15) is 64.7 Å². The molecule has 130 valence electrons. The molecule has 2 heterocycles. The van der Waals surface area contributed by atoms with Crippen molar-refractivity contribution in [1.82, 2.24) is 0 Å². The van der Waals surface area contributed by atoms with Gasteiger partial charge in [0, 0.05) is 0 Å². The van der Waals surface area contributed by atoms with Crippen LogP contribution in [0.5, 0.6) is 0 Å². The van der Waals surface area contributed by atoms with Gasteiger partial charge in [-0.05, 0) is 26.2 Å². The molecule has 0 unspecified atom stereocenters. The maximum Gasteiger partial charge on any atom is 0.199 e. The predicted octanol–water partition coefficient (Wildman–Crippen LogP) is 4.55. The summed E-state index contributed by atoms with van der Waals surface area (Å²) in [5.41, 5.74) is -0.253. The molecule has 4 heteroatoms. The van der Waals surface area contributed by atoms with Crippen molar-refractivity contribution < 1.29 is 9.47 Å². The number of ether oxygens (including phenoxy) is 2. The van der Waals surface area contributed by atoms with Crippen LogP contribution in [0.3, 0.4) is 0 Å². The minimum Gasteiger partial charge on any atom is -0.478 e. The standard InChI is InChI=1S/C19H32N2O2/c1-3-4-5-6-7-8-9-10-11-12-19(2,17-20-13-15-22-17)18-21-14-16-23-18/h3H,1,4-16H2,2H3. The number of aliphatic imine (C=N–C) groups is 2. The van der Waals surface area contributed by atoms with Crippen LogP contribution >= 0.6 is 0 Å². The van der Waals surface area contributed by atoms with E-state index in [0.29, 0.717) is 13.2 Å². The van der Waals surface area contributed by atoms with E-state index < -0.39 is 0 Å². The monoisotopic (exact) mass is 320 g/mol. The third-order valence-electron chi connectivity index (χ3n) is 4.70. The largest absolute Gasteiger partial charge is 0.478 e. The number of rotatable bonds is 12. The van der Waals surface area contributed by atoms with Crippen molar-refractivity contribution in [3.05, 3.63) is 12.7 Å². The zero-order valence-corrected chi connectivity index (χ0v) is 14.7. The third kappa shape index (κ3) is 5.36. The maximum atomic E-state index is 5.74. The number of hydrogen-bond donors (Lipinski definition) is 0. The van der Waals surface area contributed by atoms with E-state index >= 15 is 0 Å². The van der Waals surface area contributed by atoms with E-state index in [9.17, 15) is 0 Å². The molecular weight excluding hydrogens is 288 g/mol. The van der Waals surface area contributed by atoms with Crippen LogP contribution in [0.4, 0.5) is 0 Å². The fourth-order valence-corrected chi connectivity index (χ4v) is 3.29. The van der Waals surface area contributed by atoms with Gasteiger partial charge >= 0.3 is 0 Å². The van der Waals surface area contributed by atoms with Crippen LogP contribution < -0.4 is 0 Å². The summed E-state index contributed by atoms with van der Waals surface area (Å²) in [5.74, 6) is 1.67. The second-order valence-electron chi connectivity index (χ2n) is 6.71. The highest BCUT2D eigenvalue weighted by molar-refractivity contribution is 6.05. The first kappa shape index (κ1) is 18.0. The number of nitrogens with zero attached hydrogens (tertiary/aromatic N) is 2. The molecule has 0 fully saturated rings. The summed E-state index contributed by atoms with van der Waals surface area (Å²) in [4.78, 5) is 9.07. The summed E-state index contributed by atoms with van der Waals surface area (Å²) in [6.07, 6.45) is 13.2. The highest BCUT2D eigenvalue weighted by Gasteiger charge is 2.41. The molecule has 0 radical (unpaired) electrons. The number of allylic oxidation sites excluding steroid dienone is 1. The first-order chi connectivity index (χ1) is 11.3. The van der Waals surface area contributed by atoms with Gasteiger partial charge in [0.15, 0.2) is 11.8 Å². The molecular formula is C19H32N2O2. The second-order valence-corrected chi connectivity index (χ2v) is 6.71. The Bertz CT molecular complexity index is 405. The lowest BCUT2D eigenvalue weighted by atomic mass is 9.83. The fourth-order valence-electron chi connectivity index (χ4n) is 3.29. The van der Waals surface area contributed by atoms with Gasteiger partial charge in [-0.3, -0.25) is 9.98 Å². The average Bonchev–Trinajstić information content (AvgIpc) is 3.26. The summed E-state index contributed by atoms with van der Waals surface area (Å²) < 4.78 is 11.5. The van der Waals surface area contributed by atoms with Gasteiger partial charge in [-0.2, -0.15) is 0 Å². The Hall–Kier alpha value is -1.32. The Morgan fingerprint density at radius 1 is 0.913 bits per heavy atom. The van der Waals surface area contributed by atoms with Crippen LogP contribution in [0.2, 0.25) is 0 Å². The molecule has 0 aliphatic carbocycles. The predicted molar refractivity (Wildman–Crippen MR) is 96.4 cm³/mol. The van der Waals surface area contributed by atoms with Gasteiger partial charge in [0.1, 0.15) is 18.6 Å². The van der Waals surface area contributed by atoms with Crippen molar-refractivity contribution in [1.29, 1.82) is 0 Å². The number of unbranched alkanes of at least 4 members (excludes halogenated alkanes) is 7. The van der Waals surface area contributed by atoms with Crippen LogP contribution in [0, 0.1) is 5.41 Å². The van der Waals surface area contributed by atoms with E-state index in [4.69, 9.17) is 9.47 Å². The Labute approximate surface area is 141 Å². The normalized spacial score (nSPS) is 17.4. The minimum absolute atomic E-state index is 0.253. The summed E-state index contributed by atoms with van der Waals surface area (Å²) in [5, 5.41) is 0. The van der Waals surface area contributed by atoms with Gasteiger partial charge < -0.3 is 9.47 Å². The quantitative estimate of drug-likeness (QED) is 0.391. The molecule has 2 aliphatic heterocycles. The Kier molecular flexibility index (Phi) is 7.63. The molecule has 4 nitrogen and oxygen atoms in total. The first-order valence-electron chi connectivity index (χ1n) is 9.24. The zero-order valence-electron chi connectivity index (χ0n) is 14.7. The Morgan fingerprint density at radius 2 is 1.43 bits per heavy atom. The lowest BCUT2D eigenvalue weighted by Crippen LogP contribution is -2.37. The SMILES string of the molecule is C=CCCCCCCCCCC(C)(C1=NCCO1)C1=NCCO1. The Balaban J connectivity index is 1.69. The smallest absolute Gasteiger partial charge is 0.199 e. The molecule has 2 rings (SSSR count). The molecule has 0 aromatic rings. The summed E-state index contributed by atoms with van der Waals surface area (Å²) in [6, 6.07) is 0. The summed E-state index contributed by atoms with van der Waals surface area (Å²) >= 11 is 0. The van der Waals surface area contributed by atoms with E-state index in [-0.39, 0.29) is 5.41 Å². The van der Waals surface area contributed by atoms with Crippen LogP contribution in [0.15, 0.2) is 22.6 Å². The second kappa shape index (κ2) is 9.74. The highest BCUT2D eigenvalue weighted by atomic mass is 16.5. The first-order valence-corrected chi connectivity index (χ1v) is 9.24. The van der Waals surface area contributed by atoms with Crippen LogP contribution in [-0.4, -0.2) is 38.1 Å². The minimum atomic E-state index is -0.253. The van der Waals surface area contributed by atoms with E-state index in [0.717, 1.165) is 37.7 Å². The van der Waals surface area contributed by atoms with E-state index in [2.05, 4.69) is 23.5 Å². The van der Waals surface area contributed by atoms with Gasteiger partial charge in [-0.25, -0.2) is 0 Å². The van der Waals surface area contributed by atoms with Crippen molar-refractivity contribution in [2.24, 2.45) is 15.4 Å². The van der Waals surface area contributed by atoms with Gasteiger partial charge in [-0.1, -0.05) is 44.6 Å². The van der Waals surface area contributed by atoms with Gasteiger partial charge in [0.2, 0.25) is 0 Å². The Morgan fingerprint density at radius 3 is 1.91 bits per heavy atom. The molecule has 2 aliphatic rings. The lowest BCUT2D eigenvalue weighted by molar-refractivity contribution is 0.265. The molecule has 0 saturated heterocycles. The van der Waals surface area contributed by atoms with Crippen molar-refractivity contribution in [2.75, 3.05) is 26.3 Å². The van der Waals surface area contributed by atoms with Crippen molar-refractivity contribution >= 4 is 11.8 Å². The molecule has 0 atom stereocenters. The number of hydrogen-bond acceptors (Lipinski definition) is 4. The third-order valence-corrected chi connectivity index (χ3v) is 4.70. The van der Waals surface area contributed by atoms with Crippen LogP contribution in [-0.2, 0) is 9.47 Å². The summed E-state index contributed by atoms with van der Waals surface area (Å²) in [6.45, 7) is 8.87. The zero-order chi connectivity index (χ0) is 16.4. The highest BCUT2D eigenvalue weighted by Crippen LogP contribution is 2.33. The van der Waals surface area contributed by atoms with Crippen molar-refractivity contribution in [3.8, 4) is 0 Å². The lowest BCUT2D eigenvalue weighted by Gasteiger charge is -2.28. The molecule has 0 aromatic carbocycles. The molecule has 0 saturated carbocycles. The van der Waals surface area contributed by atoms with Crippen molar-refractivity contribution in [2.45, 2.75) is 64.7 Å². The topological polar surface area (TPSA) is 43.2 Å². The van der Waals surface area contributed by atoms with Crippen LogP contribution in [0.25, 0.3) is 0 Å². The van der Waals surface area contributed by atoms with Gasteiger partial charge in [0.05, 0.1) is 13.1 Å². The van der Waals surface area contributed by atoms with E-state index in [1.807, 2.05) is 6.08 Å². The summed E-state index contributed by atoms with van der Waals surface area (Å²) in [7, 11) is 0. The average molecular weight is 320 g/mol.